The average Bonchev–Trinajstić information content (AvgIpc) is 3.28. The molecule has 1 unspecified atom stereocenters. The Kier molecular flexibility index (Phi) is 5.88. The molecule has 1 amide bonds. The van der Waals surface area contributed by atoms with Gasteiger partial charge in [-0.3, -0.25) is 14.9 Å². The molecule has 1 fully saturated rings. The van der Waals surface area contributed by atoms with Crippen molar-refractivity contribution in [3.8, 4) is 0 Å². The van der Waals surface area contributed by atoms with E-state index in [-0.39, 0.29) is 11.9 Å². The number of aromatic amines is 1. The van der Waals surface area contributed by atoms with Crippen molar-refractivity contribution in [2.24, 2.45) is 10.9 Å². The van der Waals surface area contributed by atoms with Crippen molar-refractivity contribution in [3.05, 3.63) is 39.2 Å². The van der Waals surface area contributed by atoms with Gasteiger partial charge in [0.2, 0.25) is 0 Å². The number of rotatable bonds is 5. The Morgan fingerprint density at radius 3 is 2.84 bits per heavy atom. The topological polar surface area (TPSA) is 70.1 Å². The predicted molar refractivity (Wildman–Crippen MR) is 110 cm³/mol. The first kappa shape index (κ1) is 18.1. The maximum atomic E-state index is 12.9. The maximum absolute atomic E-state index is 12.9. The van der Waals surface area contributed by atoms with Crippen molar-refractivity contribution < 1.29 is 4.79 Å². The van der Waals surface area contributed by atoms with Crippen LogP contribution in [-0.2, 0) is 0 Å². The number of aliphatic imine (C=N–C) groups is 1. The molecule has 1 aromatic carbocycles. The third-order valence-corrected chi connectivity index (χ3v) is 5.65. The van der Waals surface area contributed by atoms with Crippen LogP contribution in [0.15, 0.2) is 35.0 Å². The van der Waals surface area contributed by atoms with Crippen LogP contribution in [0.5, 0.6) is 0 Å². The molecule has 132 valence electrons. The number of H-pyrrole nitrogens is 1. The van der Waals surface area contributed by atoms with E-state index in [1.807, 2.05) is 38.1 Å². The molecule has 1 aliphatic carbocycles. The maximum Gasteiger partial charge on any atom is 0.251 e. The molecule has 6 heteroatoms. The third kappa shape index (κ3) is 3.94. The number of carbonyl (C=O) groups is 1. The standard InChI is InChI=1S/C19H23IN4O/c1-3-15(21-4-2)17(12-7-5-6-8-12)22-19(25)13-9-10-16-14(11-13)18(20)24-23-16/h3-4,9-12,17H,5-8H2,1-2H3,(H,22,25)(H,23,24)/b15-3-,21-4-. The Bertz CT molecular complexity index is 818. The number of hydrogen-bond acceptors (Lipinski definition) is 3. The molecule has 0 aliphatic heterocycles. The van der Waals surface area contributed by atoms with E-state index in [1.54, 1.807) is 6.21 Å². The first-order chi connectivity index (χ1) is 12.1. The van der Waals surface area contributed by atoms with Crippen LogP contribution < -0.4 is 5.32 Å². The molecule has 0 saturated heterocycles. The van der Waals surface area contributed by atoms with Crippen molar-refractivity contribution in [1.82, 2.24) is 15.5 Å². The van der Waals surface area contributed by atoms with Crippen LogP contribution in [-0.4, -0.2) is 28.4 Å². The van der Waals surface area contributed by atoms with Crippen molar-refractivity contribution in [2.75, 3.05) is 0 Å². The second-order valence-electron chi connectivity index (χ2n) is 6.37. The summed E-state index contributed by atoms with van der Waals surface area (Å²) in [6.45, 7) is 3.89. The van der Waals surface area contributed by atoms with Crippen LogP contribution in [0.1, 0.15) is 49.9 Å². The fraction of sp³-hybridized carbons (Fsp3) is 0.421. The first-order valence-electron chi connectivity index (χ1n) is 8.73. The number of nitrogens with zero attached hydrogens (tertiary/aromatic N) is 2. The van der Waals surface area contributed by atoms with Gasteiger partial charge >= 0.3 is 0 Å². The third-order valence-electron chi connectivity index (χ3n) is 4.83. The predicted octanol–water partition coefficient (Wildman–Crippen LogP) is 4.45. The van der Waals surface area contributed by atoms with Gasteiger partial charge in [-0.25, -0.2) is 0 Å². The molecule has 3 rings (SSSR count). The van der Waals surface area contributed by atoms with Gasteiger partial charge in [0, 0.05) is 17.2 Å². The van der Waals surface area contributed by atoms with E-state index >= 15 is 0 Å². The van der Waals surface area contributed by atoms with Crippen molar-refractivity contribution in [2.45, 2.75) is 45.6 Å². The lowest BCUT2D eigenvalue weighted by atomic mass is 9.94. The van der Waals surface area contributed by atoms with Gasteiger partial charge in [0.25, 0.3) is 5.91 Å². The lowest BCUT2D eigenvalue weighted by Crippen LogP contribution is -2.40. The summed E-state index contributed by atoms with van der Waals surface area (Å²) in [5.74, 6) is 0.401. The lowest BCUT2D eigenvalue weighted by molar-refractivity contribution is 0.0930. The zero-order valence-electron chi connectivity index (χ0n) is 14.6. The van der Waals surface area contributed by atoms with Gasteiger partial charge in [0.15, 0.2) is 0 Å². The van der Waals surface area contributed by atoms with Gasteiger partial charge in [-0.15, -0.1) is 0 Å². The molecule has 5 nitrogen and oxygen atoms in total. The van der Waals surface area contributed by atoms with Gasteiger partial charge in [-0.1, -0.05) is 18.9 Å². The molecule has 2 aromatic rings. The minimum absolute atomic E-state index is 0.0321. The van der Waals surface area contributed by atoms with Gasteiger partial charge in [-0.05, 0) is 73.4 Å². The van der Waals surface area contributed by atoms with Crippen molar-refractivity contribution >= 4 is 45.6 Å². The van der Waals surface area contributed by atoms with Crippen LogP contribution in [0.25, 0.3) is 10.9 Å². The van der Waals surface area contributed by atoms with Crippen LogP contribution in [0.3, 0.4) is 0 Å². The number of nitrogens with one attached hydrogen (secondary N) is 2. The molecule has 0 bridgehead atoms. The minimum Gasteiger partial charge on any atom is -0.343 e. The van der Waals surface area contributed by atoms with Crippen LogP contribution in [0.4, 0.5) is 0 Å². The Morgan fingerprint density at radius 1 is 1.40 bits per heavy atom. The first-order valence-corrected chi connectivity index (χ1v) is 9.81. The smallest absolute Gasteiger partial charge is 0.251 e. The minimum atomic E-state index is -0.0542. The summed E-state index contributed by atoms with van der Waals surface area (Å²) in [6.07, 6.45) is 8.53. The Labute approximate surface area is 161 Å². The van der Waals surface area contributed by atoms with Crippen molar-refractivity contribution in [3.63, 3.8) is 0 Å². The summed E-state index contributed by atoms with van der Waals surface area (Å²) < 4.78 is 0.874. The van der Waals surface area contributed by atoms with E-state index in [9.17, 15) is 4.79 Å². The largest absolute Gasteiger partial charge is 0.343 e. The number of benzene rings is 1. The molecule has 0 radical (unpaired) electrons. The molecule has 0 spiro atoms. The molecular weight excluding hydrogens is 427 g/mol. The molecular formula is C19H23IN4O. The van der Waals surface area contributed by atoms with Crippen LogP contribution >= 0.6 is 22.6 Å². The van der Waals surface area contributed by atoms with Gasteiger partial charge in [-0.2, -0.15) is 5.10 Å². The fourth-order valence-electron chi connectivity index (χ4n) is 3.56. The Balaban J connectivity index is 1.86. The van der Waals surface area contributed by atoms with Gasteiger partial charge < -0.3 is 5.32 Å². The number of amides is 1. The summed E-state index contributed by atoms with van der Waals surface area (Å²) >= 11 is 2.17. The highest BCUT2D eigenvalue weighted by atomic mass is 127. The highest BCUT2D eigenvalue weighted by Gasteiger charge is 2.29. The van der Waals surface area contributed by atoms with Crippen LogP contribution in [0.2, 0.25) is 0 Å². The summed E-state index contributed by atoms with van der Waals surface area (Å²) in [4.78, 5) is 17.4. The average molecular weight is 450 g/mol. The van der Waals surface area contributed by atoms with E-state index < -0.39 is 0 Å². The number of allylic oxidation sites excluding steroid dienone is 1. The molecule has 1 atom stereocenters. The van der Waals surface area contributed by atoms with E-state index in [2.05, 4.69) is 43.1 Å². The molecule has 25 heavy (non-hydrogen) atoms. The summed E-state index contributed by atoms with van der Waals surface area (Å²) in [5, 5.41) is 11.4. The van der Waals surface area contributed by atoms with Crippen molar-refractivity contribution in [1.29, 1.82) is 0 Å². The Hall–Kier alpha value is -1.70. The summed E-state index contributed by atoms with van der Waals surface area (Å²) in [7, 11) is 0. The number of halogens is 1. The van der Waals surface area contributed by atoms with E-state index in [0.717, 1.165) is 33.1 Å². The Morgan fingerprint density at radius 2 is 2.16 bits per heavy atom. The molecule has 1 aliphatic rings. The zero-order valence-corrected chi connectivity index (χ0v) is 16.7. The zero-order chi connectivity index (χ0) is 17.8. The number of carbonyl (C=O) groups excluding carboxylic acids is 1. The summed E-state index contributed by atoms with van der Waals surface area (Å²) in [6, 6.07) is 5.62. The second-order valence-corrected chi connectivity index (χ2v) is 7.39. The molecule has 1 aromatic heterocycles. The lowest BCUT2D eigenvalue weighted by Gasteiger charge is -2.25. The number of hydrogen-bond donors (Lipinski definition) is 2. The summed E-state index contributed by atoms with van der Waals surface area (Å²) in [5.41, 5.74) is 2.55. The molecule has 1 saturated carbocycles. The number of aromatic nitrogens is 2. The van der Waals surface area contributed by atoms with E-state index in [1.165, 1.54) is 12.8 Å². The normalized spacial score (nSPS) is 17.5. The van der Waals surface area contributed by atoms with Gasteiger partial charge in [0.1, 0.15) is 3.70 Å². The highest BCUT2D eigenvalue weighted by molar-refractivity contribution is 14.1. The second kappa shape index (κ2) is 8.12. The SMILES string of the molecule is C/C=N\C(=C/C)C(NC(=O)c1ccc2[nH]nc(I)c2c1)C1CCCC1. The molecule has 2 N–H and O–H groups in total. The molecule has 1 heterocycles. The van der Waals surface area contributed by atoms with E-state index in [0.29, 0.717) is 11.5 Å². The van der Waals surface area contributed by atoms with Gasteiger partial charge in [0.05, 0.1) is 17.3 Å². The fourth-order valence-corrected chi connectivity index (χ4v) is 4.12. The van der Waals surface area contributed by atoms with Crippen LogP contribution in [0, 0.1) is 9.62 Å². The van der Waals surface area contributed by atoms with E-state index in [4.69, 9.17) is 0 Å². The monoisotopic (exact) mass is 450 g/mol. The highest BCUT2D eigenvalue weighted by Crippen LogP contribution is 2.31. The number of fused-ring (bicyclic) bond motifs is 1. The quantitative estimate of drug-likeness (QED) is 0.522.